The van der Waals surface area contributed by atoms with Crippen molar-refractivity contribution < 1.29 is 9.59 Å². The lowest BCUT2D eigenvalue weighted by atomic mass is 10.1. The van der Waals surface area contributed by atoms with Crippen LogP contribution in [0.4, 0.5) is 0 Å². The quantitative estimate of drug-likeness (QED) is 0.532. The summed E-state index contributed by atoms with van der Waals surface area (Å²) >= 11 is 0. The van der Waals surface area contributed by atoms with Gasteiger partial charge in [0, 0.05) is 12.6 Å². The minimum atomic E-state index is -0.408. The van der Waals surface area contributed by atoms with Gasteiger partial charge in [0.25, 0.3) is 0 Å². The van der Waals surface area contributed by atoms with E-state index < -0.39 is 6.04 Å². The van der Waals surface area contributed by atoms with Crippen molar-refractivity contribution in [2.24, 2.45) is 0 Å². The predicted octanol–water partition coefficient (Wildman–Crippen LogP) is 1.35. The summed E-state index contributed by atoms with van der Waals surface area (Å²) in [4.78, 5) is 23.6. The minimum absolute atomic E-state index is 0.0415. The number of nitrogens with zero attached hydrogens (tertiary/aromatic N) is 1. The lowest BCUT2D eigenvalue weighted by Gasteiger charge is -2.18. The fourth-order valence-corrected chi connectivity index (χ4v) is 1.12. The lowest BCUT2D eigenvalue weighted by molar-refractivity contribution is -0.117. The van der Waals surface area contributed by atoms with Gasteiger partial charge >= 0.3 is 0 Å². The summed E-state index contributed by atoms with van der Waals surface area (Å²) in [5.74, 6) is -0.0415. The Labute approximate surface area is 83.3 Å². The molecule has 0 fully saturated rings. The van der Waals surface area contributed by atoms with Crippen LogP contribution < -0.4 is 0 Å². The Hall–Kier alpha value is -1.64. The van der Waals surface area contributed by atoms with Crippen molar-refractivity contribution in [1.82, 2.24) is 4.90 Å². The summed E-state index contributed by atoms with van der Waals surface area (Å²) in [6.07, 6.45) is 0.658. The van der Waals surface area contributed by atoms with Gasteiger partial charge in [-0.1, -0.05) is 30.3 Å². The van der Waals surface area contributed by atoms with Crippen LogP contribution in [0.3, 0.4) is 0 Å². The van der Waals surface area contributed by atoms with Gasteiger partial charge in [-0.25, -0.2) is 0 Å². The van der Waals surface area contributed by atoms with Gasteiger partial charge < -0.3 is 4.90 Å². The molecule has 1 unspecified atom stereocenters. The van der Waals surface area contributed by atoms with Crippen LogP contribution in [-0.2, 0) is 4.79 Å². The maximum atomic E-state index is 11.7. The molecule has 0 radical (unpaired) electrons. The highest BCUT2D eigenvalue weighted by atomic mass is 16.1. The number of carbonyl (C=O) groups excluding carboxylic acids is 2. The molecule has 74 valence electrons. The van der Waals surface area contributed by atoms with Crippen molar-refractivity contribution in [2.75, 3.05) is 7.05 Å². The van der Waals surface area contributed by atoms with Crippen molar-refractivity contribution in [2.45, 2.75) is 13.0 Å². The number of carbonyl (C=O) groups is 2. The van der Waals surface area contributed by atoms with Gasteiger partial charge in [0.1, 0.15) is 0 Å². The van der Waals surface area contributed by atoms with E-state index in [1.165, 1.54) is 4.90 Å². The molecule has 1 amide bonds. The fraction of sp³-hybridized carbons (Fsp3) is 0.273. The third-order valence-electron chi connectivity index (χ3n) is 2.21. The van der Waals surface area contributed by atoms with Crippen molar-refractivity contribution >= 4 is 12.2 Å². The number of amides is 1. The molecule has 0 heterocycles. The van der Waals surface area contributed by atoms with Crippen LogP contribution >= 0.6 is 0 Å². The van der Waals surface area contributed by atoms with Crippen molar-refractivity contribution in [3.63, 3.8) is 0 Å². The van der Waals surface area contributed by atoms with E-state index in [2.05, 4.69) is 0 Å². The number of benzene rings is 1. The lowest BCUT2D eigenvalue weighted by Crippen LogP contribution is -2.34. The molecule has 1 rings (SSSR count). The van der Waals surface area contributed by atoms with Gasteiger partial charge in [-0.3, -0.25) is 9.59 Å². The molecule has 14 heavy (non-hydrogen) atoms. The fourth-order valence-electron chi connectivity index (χ4n) is 1.12. The molecule has 0 spiro atoms. The standard InChI is InChI=1S/C11H13NO2/c1-9(12(2)8-13)11(14)10-6-4-3-5-7-10/h3-9H,1-2H3. The number of hydrogen-bond donors (Lipinski definition) is 0. The van der Waals surface area contributed by atoms with E-state index in [4.69, 9.17) is 0 Å². The zero-order valence-electron chi connectivity index (χ0n) is 8.31. The molecule has 1 aromatic rings. The first-order valence-electron chi connectivity index (χ1n) is 4.43. The van der Waals surface area contributed by atoms with Crippen molar-refractivity contribution in [3.8, 4) is 0 Å². The van der Waals surface area contributed by atoms with Gasteiger partial charge in [0.2, 0.25) is 6.41 Å². The van der Waals surface area contributed by atoms with Crippen LogP contribution in [0.2, 0.25) is 0 Å². The third-order valence-corrected chi connectivity index (χ3v) is 2.21. The van der Waals surface area contributed by atoms with Crippen LogP contribution in [0.5, 0.6) is 0 Å². The molecule has 1 atom stereocenters. The number of rotatable bonds is 4. The summed E-state index contributed by atoms with van der Waals surface area (Å²) in [5, 5.41) is 0. The van der Waals surface area contributed by atoms with Crippen LogP contribution in [0.1, 0.15) is 17.3 Å². The average molecular weight is 191 g/mol. The van der Waals surface area contributed by atoms with Gasteiger partial charge in [0.05, 0.1) is 6.04 Å². The Morgan fingerprint density at radius 2 is 1.93 bits per heavy atom. The molecule has 0 aliphatic rings. The van der Waals surface area contributed by atoms with Crippen LogP contribution in [0, 0.1) is 0 Å². The Kier molecular flexibility index (Phi) is 3.40. The first kappa shape index (κ1) is 10.4. The van der Waals surface area contributed by atoms with Gasteiger partial charge in [-0.05, 0) is 6.92 Å². The molecule has 0 aromatic heterocycles. The molecule has 3 heteroatoms. The van der Waals surface area contributed by atoms with E-state index in [0.717, 1.165) is 0 Å². The summed E-state index contributed by atoms with van der Waals surface area (Å²) in [5.41, 5.74) is 0.633. The second-order valence-electron chi connectivity index (χ2n) is 3.18. The second-order valence-corrected chi connectivity index (χ2v) is 3.18. The predicted molar refractivity (Wildman–Crippen MR) is 54.1 cm³/mol. The van der Waals surface area contributed by atoms with E-state index in [1.807, 2.05) is 6.07 Å². The molecule has 0 aliphatic heterocycles. The molecule has 0 saturated heterocycles. The Bertz CT molecular complexity index is 321. The molecule has 0 bridgehead atoms. The van der Waals surface area contributed by atoms with Crippen LogP contribution in [0.15, 0.2) is 30.3 Å². The molecular weight excluding hydrogens is 178 g/mol. The van der Waals surface area contributed by atoms with E-state index >= 15 is 0 Å². The first-order valence-corrected chi connectivity index (χ1v) is 4.43. The normalized spacial score (nSPS) is 11.9. The highest BCUT2D eigenvalue weighted by Crippen LogP contribution is 2.06. The van der Waals surface area contributed by atoms with Crippen LogP contribution in [0.25, 0.3) is 0 Å². The molecule has 3 nitrogen and oxygen atoms in total. The maximum absolute atomic E-state index is 11.7. The van der Waals surface area contributed by atoms with Crippen molar-refractivity contribution in [3.05, 3.63) is 35.9 Å². The summed E-state index contributed by atoms with van der Waals surface area (Å²) in [6.45, 7) is 1.71. The van der Waals surface area contributed by atoms with E-state index in [9.17, 15) is 9.59 Å². The summed E-state index contributed by atoms with van der Waals surface area (Å²) in [6, 6.07) is 8.55. The molecule has 1 aromatic carbocycles. The molecule has 0 N–H and O–H groups in total. The smallest absolute Gasteiger partial charge is 0.210 e. The largest absolute Gasteiger partial charge is 0.338 e. The Morgan fingerprint density at radius 1 is 1.36 bits per heavy atom. The number of Topliss-reactive ketones (excluding diaryl/α,β-unsaturated/α-hetero) is 1. The summed E-state index contributed by atoms with van der Waals surface area (Å²) < 4.78 is 0. The van der Waals surface area contributed by atoms with Crippen LogP contribution in [-0.4, -0.2) is 30.2 Å². The third kappa shape index (κ3) is 2.19. The van der Waals surface area contributed by atoms with Gasteiger partial charge in [0.15, 0.2) is 5.78 Å². The van der Waals surface area contributed by atoms with E-state index in [0.29, 0.717) is 12.0 Å². The highest BCUT2D eigenvalue weighted by Gasteiger charge is 2.17. The number of hydrogen-bond acceptors (Lipinski definition) is 2. The highest BCUT2D eigenvalue weighted by molar-refractivity contribution is 6.00. The molecular formula is C11H13NO2. The van der Waals surface area contributed by atoms with Crippen molar-refractivity contribution in [1.29, 1.82) is 0 Å². The van der Waals surface area contributed by atoms with E-state index in [-0.39, 0.29) is 5.78 Å². The summed E-state index contributed by atoms with van der Waals surface area (Å²) in [7, 11) is 1.60. The first-order chi connectivity index (χ1) is 6.66. The maximum Gasteiger partial charge on any atom is 0.210 e. The zero-order chi connectivity index (χ0) is 10.6. The Balaban J connectivity index is 2.81. The van der Waals surface area contributed by atoms with Gasteiger partial charge in [-0.2, -0.15) is 0 Å². The van der Waals surface area contributed by atoms with E-state index in [1.54, 1.807) is 38.2 Å². The second kappa shape index (κ2) is 4.56. The minimum Gasteiger partial charge on any atom is -0.338 e. The Morgan fingerprint density at radius 3 is 2.43 bits per heavy atom. The number of ketones is 1. The monoisotopic (exact) mass is 191 g/mol. The SMILES string of the molecule is CC(C(=O)c1ccccc1)N(C)C=O. The topological polar surface area (TPSA) is 37.4 Å². The number of likely N-dealkylation sites (N-methyl/N-ethyl adjacent to an activating group) is 1. The zero-order valence-corrected chi connectivity index (χ0v) is 8.31. The molecule has 0 saturated carbocycles. The van der Waals surface area contributed by atoms with Gasteiger partial charge in [-0.15, -0.1) is 0 Å². The average Bonchev–Trinajstić information content (AvgIpc) is 2.27. The molecule has 0 aliphatic carbocycles.